The summed E-state index contributed by atoms with van der Waals surface area (Å²) >= 11 is 7.85. The van der Waals surface area contributed by atoms with Crippen molar-refractivity contribution in [3.8, 4) is 0 Å². The Morgan fingerprint density at radius 1 is 1.39 bits per heavy atom. The maximum absolute atomic E-state index is 8.99. The lowest BCUT2D eigenvalue weighted by Gasteiger charge is -2.18. The average Bonchev–Trinajstić information content (AvgIpc) is 2.73. The summed E-state index contributed by atoms with van der Waals surface area (Å²) in [5.41, 5.74) is 1.29. The second-order valence-corrected chi connectivity index (χ2v) is 5.26. The number of likely N-dealkylation sites (N-methyl/N-ethyl adjacent to an activating group) is 1. The van der Waals surface area contributed by atoms with E-state index in [1.165, 1.54) is 10.9 Å². The summed E-state index contributed by atoms with van der Waals surface area (Å²) in [5.74, 6) is 0. The number of hydrogen-bond acceptors (Lipinski definition) is 3. The van der Waals surface area contributed by atoms with E-state index in [4.69, 9.17) is 16.7 Å². The summed E-state index contributed by atoms with van der Waals surface area (Å²) in [5, 5.41) is 13.2. The molecule has 0 atom stereocenters. The van der Waals surface area contributed by atoms with Crippen molar-refractivity contribution in [2.45, 2.75) is 13.5 Å². The zero-order valence-electron chi connectivity index (χ0n) is 10.2. The quantitative estimate of drug-likeness (QED) is 0.908. The highest BCUT2D eigenvalue weighted by atomic mass is 35.5. The van der Waals surface area contributed by atoms with Gasteiger partial charge in [-0.3, -0.25) is 4.90 Å². The maximum atomic E-state index is 8.99. The van der Waals surface area contributed by atoms with Crippen molar-refractivity contribution >= 4 is 45.4 Å². The van der Waals surface area contributed by atoms with Gasteiger partial charge in [0, 0.05) is 13.1 Å². The predicted octanol–water partition coefficient (Wildman–Crippen LogP) is 3.79. The molecular formula is C13H17Cl2NOS. The fourth-order valence-electron chi connectivity index (χ4n) is 1.93. The molecular weight excluding hydrogens is 289 g/mol. The van der Waals surface area contributed by atoms with Gasteiger partial charge in [-0.25, -0.2) is 0 Å². The standard InChI is InChI=1S/C13H16ClNOS.ClH/c1-2-15(6-7-16)8-10-9-17-13-11(10)4-3-5-12(13)14;/h3-5,9,16H,2,6-8H2,1H3;1H. The molecule has 0 spiro atoms. The van der Waals surface area contributed by atoms with Gasteiger partial charge in [-0.1, -0.05) is 30.7 Å². The lowest BCUT2D eigenvalue weighted by Crippen LogP contribution is -2.25. The van der Waals surface area contributed by atoms with Crippen LogP contribution in [0.2, 0.25) is 5.02 Å². The molecule has 0 aliphatic carbocycles. The van der Waals surface area contributed by atoms with Crippen molar-refractivity contribution in [2.75, 3.05) is 19.7 Å². The van der Waals surface area contributed by atoms with Crippen molar-refractivity contribution in [3.63, 3.8) is 0 Å². The Balaban J connectivity index is 0.00000162. The van der Waals surface area contributed by atoms with Crippen molar-refractivity contribution in [1.82, 2.24) is 4.90 Å². The van der Waals surface area contributed by atoms with Crippen molar-refractivity contribution < 1.29 is 5.11 Å². The molecule has 1 aromatic heterocycles. The van der Waals surface area contributed by atoms with Crippen LogP contribution < -0.4 is 0 Å². The van der Waals surface area contributed by atoms with Crippen LogP contribution in [0.3, 0.4) is 0 Å². The summed E-state index contributed by atoms with van der Waals surface area (Å²) in [6.07, 6.45) is 0. The highest BCUT2D eigenvalue weighted by Crippen LogP contribution is 2.32. The fraction of sp³-hybridized carbons (Fsp3) is 0.385. The van der Waals surface area contributed by atoms with Gasteiger partial charge >= 0.3 is 0 Å². The first-order chi connectivity index (χ1) is 8.26. The zero-order chi connectivity index (χ0) is 12.3. The van der Waals surface area contributed by atoms with Crippen LogP contribution in [0.4, 0.5) is 0 Å². The summed E-state index contributed by atoms with van der Waals surface area (Å²) in [6, 6.07) is 6.03. The first-order valence-corrected chi connectivity index (χ1v) is 6.99. The third-order valence-corrected chi connectivity index (χ3v) is 4.39. The molecule has 1 N–H and O–H groups in total. The molecule has 0 aliphatic heterocycles. The molecule has 0 bridgehead atoms. The van der Waals surface area contributed by atoms with E-state index in [1.807, 2.05) is 12.1 Å². The van der Waals surface area contributed by atoms with Gasteiger partial charge in [-0.15, -0.1) is 23.7 Å². The van der Waals surface area contributed by atoms with Crippen LogP contribution in [0.5, 0.6) is 0 Å². The van der Waals surface area contributed by atoms with Gasteiger partial charge in [0.05, 0.1) is 16.3 Å². The Morgan fingerprint density at radius 3 is 2.83 bits per heavy atom. The highest BCUT2D eigenvalue weighted by Gasteiger charge is 2.09. The van der Waals surface area contributed by atoms with E-state index in [1.54, 1.807) is 11.3 Å². The zero-order valence-corrected chi connectivity index (χ0v) is 12.6. The number of halogens is 2. The van der Waals surface area contributed by atoms with E-state index in [2.05, 4.69) is 23.3 Å². The van der Waals surface area contributed by atoms with E-state index >= 15 is 0 Å². The first-order valence-electron chi connectivity index (χ1n) is 5.74. The number of nitrogens with zero attached hydrogens (tertiary/aromatic N) is 1. The molecule has 0 fully saturated rings. The second kappa shape index (κ2) is 7.31. The highest BCUT2D eigenvalue weighted by molar-refractivity contribution is 7.18. The predicted molar refractivity (Wildman–Crippen MR) is 82.1 cm³/mol. The molecule has 18 heavy (non-hydrogen) atoms. The molecule has 1 aromatic carbocycles. The maximum Gasteiger partial charge on any atom is 0.0584 e. The van der Waals surface area contributed by atoms with Crippen LogP contribution in [-0.2, 0) is 6.54 Å². The minimum Gasteiger partial charge on any atom is -0.395 e. The van der Waals surface area contributed by atoms with Gasteiger partial charge in [0.25, 0.3) is 0 Å². The molecule has 100 valence electrons. The fourth-order valence-corrected chi connectivity index (χ4v) is 3.21. The van der Waals surface area contributed by atoms with Gasteiger partial charge in [0.2, 0.25) is 0 Å². The largest absolute Gasteiger partial charge is 0.395 e. The van der Waals surface area contributed by atoms with Gasteiger partial charge < -0.3 is 5.11 Å². The number of benzene rings is 1. The Morgan fingerprint density at radius 2 is 2.17 bits per heavy atom. The van der Waals surface area contributed by atoms with Crippen molar-refractivity contribution in [1.29, 1.82) is 0 Å². The summed E-state index contributed by atoms with van der Waals surface area (Å²) in [7, 11) is 0. The molecule has 0 saturated carbocycles. The van der Waals surface area contributed by atoms with Crippen LogP contribution in [-0.4, -0.2) is 29.7 Å². The molecule has 2 rings (SSSR count). The molecule has 1 heterocycles. The van der Waals surface area contributed by atoms with Crippen LogP contribution in [0, 0.1) is 0 Å². The number of aliphatic hydroxyl groups excluding tert-OH is 1. The lowest BCUT2D eigenvalue weighted by molar-refractivity contribution is 0.197. The van der Waals surface area contributed by atoms with Crippen molar-refractivity contribution in [3.05, 3.63) is 34.2 Å². The van der Waals surface area contributed by atoms with Gasteiger partial charge in [-0.2, -0.15) is 0 Å². The smallest absolute Gasteiger partial charge is 0.0584 e. The molecule has 0 radical (unpaired) electrons. The Bertz CT molecular complexity index is 501. The molecule has 0 unspecified atom stereocenters. The molecule has 0 amide bonds. The number of aliphatic hydroxyl groups is 1. The van der Waals surface area contributed by atoms with E-state index in [-0.39, 0.29) is 19.0 Å². The first kappa shape index (κ1) is 15.7. The number of fused-ring (bicyclic) bond motifs is 1. The van der Waals surface area contributed by atoms with Crippen LogP contribution in [0.1, 0.15) is 12.5 Å². The lowest BCUT2D eigenvalue weighted by atomic mass is 10.1. The normalized spacial score (nSPS) is 10.9. The van der Waals surface area contributed by atoms with Crippen LogP contribution >= 0.6 is 35.3 Å². The molecule has 0 saturated heterocycles. The Labute approximate surface area is 123 Å². The van der Waals surface area contributed by atoms with Crippen LogP contribution in [0.15, 0.2) is 23.6 Å². The van der Waals surface area contributed by atoms with E-state index < -0.39 is 0 Å². The minimum absolute atomic E-state index is 0. The Hall–Kier alpha value is -0.320. The molecule has 2 aromatic rings. The Kier molecular flexibility index (Phi) is 6.39. The van der Waals surface area contributed by atoms with Crippen molar-refractivity contribution in [2.24, 2.45) is 0 Å². The third-order valence-electron chi connectivity index (χ3n) is 2.89. The molecule has 0 aliphatic rings. The molecule has 2 nitrogen and oxygen atoms in total. The summed E-state index contributed by atoms with van der Waals surface area (Å²) < 4.78 is 1.16. The van der Waals surface area contributed by atoms with Gasteiger partial charge in [0.1, 0.15) is 0 Å². The summed E-state index contributed by atoms with van der Waals surface area (Å²) in [4.78, 5) is 2.22. The van der Waals surface area contributed by atoms with E-state index in [9.17, 15) is 0 Å². The number of hydrogen-bond donors (Lipinski definition) is 1. The number of rotatable bonds is 5. The second-order valence-electron chi connectivity index (χ2n) is 3.97. The van der Waals surface area contributed by atoms with Crippen LogP contribution in [0.25, 0.3) is 10.1 Å². The average molecular weight is 306 g/mol. The summed E-state index contributed by atoms with van der Waals surface area (Å²) in [6.45, 7) is 4.85. The van der Waals surface area contributed by atoms with Gasteiger partial charge in [0.15, 0.2) is 0 Å². The van der Waals surface area contributed by atoms with Gasteiger partial charge in [-0.05, 0) is 28.9 Å². The third kappa shape index (κ3) is 3.37. The molecule has 5 heteroatoms. The monoisotopic (exact) mass is 305 g/mol. The number of thiophene rings is 1. The topological polar surface area (TPSA) is 23.5 Å². The SMILES string of the molecule is CCN(CCO)Cc1csc2c(Cl)cccc12.Cl. The van der Waals surface area contributed by atoms with E-state index in [0.717, 1.165) is 22.8 Å². The minimum atomic E-state index is 0. The van der Waals surface area contributed by atoms with E-state index in [0.29, 0.717) is 6.54 Å².